The van der Waals surface area contributed by atoms with Crippen LogP contribution in [0.25, 0.3) is 0 Å². The average Bonchev–Trinajstić information content (AvgIpc) is 2.30. The molecule has 1 rings (SSSR count). The molecule has 0 bridgehead atoms. The lowest BCUT2D eigenvalue weighted by Gasteiger charge is -2.34. The van der Waals surface area contributed by atoms with Gasteiger partial charge in [0.15, 0.2) is 0 Å². The molecule has 0 amide bonds. The van der Waals surface area contributed by atoms with E-state index in [1.165, 1.54) is 11.6 Å². The predicted molar refractivity (Wildman–Crippen MR) is 79.3 cm³/mol. The van der Waals surface area contributed by atoms with Crippen molar-refractivity contribution in [2.45, 2.75) is 34.1 Å². The topological polar surface area (TPSA) is 12.0 Å². The summed E-state index contributed by atoms with van der Waals surface area (Å²) in [6, 6.07) is 4.96. The third-order valence-corrected chi connectivity index (χ3v) is 4.52. The number of halogens is 2. The van der Waals surface area contributed by atoms with Crippen molar-refractivity contribution < 1.29 is 4.39 Å². The van der Waals surface area contributed by atoms with Crippen molar-refractivity contribution in [3.05, 3.63) is 34.1 Å². The largest absolute Gasteiger partial charge is 0.316 e. The fourth-order valence-corrected chi connectivity index (χ4v) is 2.47. The van der Waals surface area contributed by atoms with Crippen LogP contribution in [-0.2, 0) is 6.42 Å². The summed E-state index contributed by atoms with van der Waals surface area (Å²) in [5.74, 6) is 0.372. The van der Waals surface area contributed by atoms with Gasteiger partial charge in [-0.25, -0.2) is 4.39 Å². The number of rotatable bonds is 6. The van der Waals surface area contributed by atoms with Gasteiger partial charge in [-0.05, 0) is 42.0 Å². The summed E-state index contributed by atoms with van der Waals surface area (Å²) in [6.45, 7) is 10.9. The maximum atomic E-state index is 13.1. The summed E-state index contributed by atoms with van der Waals surface area (Å²) < 4.78 is 14.0. The summed E-state index contributed by atoms with van der Waals surface area (Å²) in [5.41, 5.74) is 1.35. The van der Waals surface area contributed by atoms with Crippen LogP contribution in [0.15, 0.2) is 22.7 Å². The summed E-state index contributed by atoms with van der Waals surface area (Å²) >= 11 is 3.46. The molecule has 0 aliphatic rings. The molecule has 0 heterocycles. The smallest absolute Gasteiger partial charge is 0.124 e. The zero-order valence-electron chi connectivity index (χ0n) is 11.7. The van der Waals surface area contributed by atoms with Crippen molar-refractivity contribution in [1.29, 1.82) is 0 Å². The Morgan fingerprint density at radius 2 is 2.06 bits per heavy atom. The lowest BCUT2D eigenvalue weighted by molar-refractivity contribution is 0.208. The summed E-state index contributed by atoms with van der Waals surface area (Å²) in [4.78, 5) is 0. The minimum Gasteiger partial charge on any atom is -0.316 e. The van der Waals surface area contributed by atoms with Gasteiger partial charge in [0.1, 0.15) is 5.82 Å². The van der Waals surface area contributed by atoms with Crippen LogP contribution in [0.3, 0.4) is 0 Å². The standard InChI is InChI=1S/C15H23BrFN/c1-5-18-10-15(4,11(2)3)9-12-6-7-13(17)8-14(12)16/h6-8,11,18H,5,9-10H2,1-4H3. The van der Waals surface area contributed by atoms with Crippen LogP contribution in [0.1, 0.15) is 33.3 Å². The molecule has 18 heavy (non-hydrogen) atoms. The Balaban J connectivity index is 2.89. The molecule has 1 aromatic carbocycles. The van der Waals surface area contributed by atoms with Crippen LogP contribution in [-0.4, -0.2) is 13.1 Å². The predicted octanol–water partition coefficient (Wildman–Crippen LogP) is 4.40. The second kappa shape index (κ2) is 6.67. The second-order valence-corrected chi connectivity index (χ2v) is 6.36. The molecule has 3 heteroatoms. The highest BCUT2D eigenvalue weighted by Crippen LogP contribution is 2.33. The molecule has 0 aliphatic carbocycles. The highest BCUT2D eigenvalue weighted by atomic mass is 79.9. The first-order valence-electron chi connectivity index (χ1n) is 6.53. The maximum Gasteiger partial charge on any atom is 0.124 e. The fraction of sp³-hybridized carbons (Fsp3) is 0.600. The van der Waals surface area contributed by atoms with Gasteiger partial charge in [-0.2, -0.15) is 0 Å². The van der Waals surface area contributed by atoms with Crippen molar-refractivity contribution in [2.75, 3.05) is 13.1 Å². The van der Waals surface area contributed by atoms with Crippen LogP contribution >= 0.6 is 15.9 Å². The first-order chi connectivity index (χ1) is 8.39. The minimum atomic E-state index is -0.191. The van der Waals surface area contributed by atoms with Gasteiger partial charge in [0.2, 0.25) is 0 Å². The molecule has 1 N–H and O–H groups in total. The fourth-order valence-electron chi connectivity index (χ4n) is 1.98. The van der Waals surface area contributed by atoms with Gasteiger partial charge in [-0.15, -0.1) is 0 Å². The van der Waals surface area contributed by atoms with Gasteiger partial charge in [0, 0.05) is 11.0 Å². The molecular formula is C15H23BrFN. The average molecular weight is 316 g/mol. The lowest BCUT2D eigenvalue weighted by atomic mass is 9.74. The van der Waals surface area contributed by atoms with E-state index in [0.29, 0.717) is 5.92 Å². The van der Waals surface area contributed by atoms with E-state index in [1.54, 1.807) is 6.07 Å². The third-order valence-electron chi connectivity index (χ3n) is 3.78. The van der Waals surface area contributed by atoms with Gasteiger partial charge >= 0.3 is 0 Å². The highest BCUT2D eigenvalue weighted by Gasteiger charge is 2.28. The van der Waals surface area contributed by atoms with Gasteiger partial charge in [-0.1, -0.05) is 49.7 Å². The molecule has 0 saturated carbocycles. The summed E-state index contributed by atoms with van der Waals surface area (Å²) in [6.07, 6.45) is 0.943. The molecular weight excluding hydrogens is 293 g/mol. The normalized spacial score (nSPS) is 14.8. The number of hydrogen-bond donors (Lipinski definition) is 1. The van der Waals surface area contributed by atoms with Gasteiger partial charge in [0.25, 0.3) is 0 Å². The van der Waals surface area contributed by atoms with E-state index in [2.05, 4.69) is 48.9 Å². The van der Waals surface area contributed by atoms with E-state index in [-0.39, 0.29) is 11.2 Å². The first-order valence-corrected chi connectivity index (χ1v) is 7.33. The van der Waals surface area contributed by atoms with Crippen molar-refractivity contribution in [1.82, 2.24) is 5.32 Å². The Hall–Kier alpha value is -0.410. The highest BCUT2D eigenvalue weighted by molar-refractivity contribution is 9.10. The Morgan fingerprint density at radius 1 is 1.39 bits per heavy atom. The molecule has 0 saturated heterocycles. The van der Waals surface area contributed by atoms with E-state index in [4.69, 9.17) is 0 Å². The van der Waals surface area contributed by atoms with Gasteiger partial charge < -0.3 is 5.32 Å². The molecule has 0 spiro atoms. The quantitative estimate of drug-likeness (QED) is 0.820. The lowest BCUT2D eigenvalue weighted by Crippen LogP contribution is -2.38. The first kappa shape index (κ1) is 15.6. The van der Waals surface area contributed by atoms with E-state index < -0.39 is 0 Å². The molecule has 0 fully saturated rings. The van der Waals surface area contributed by atoms with Crippen molar-refractivity contribution in [3.63, 3.8) is 0 Å². The molecule has 1 unspecified atom stereocenters. The molecule has 0 aromatic heterocycles. The minimum absolute atomic E-state index is 0.177. The number of hydrogen-bond acceptors (Lipinski definition) is 1. The van der Waals surface area contributed by atoms with Crippen LogP contribution in [0.2, 0.25) is 0 Å². The molecule has 1 aromatic rings. The summed E-state index contributed by atoms with van der Waals surface area (Å²) in [7, 11) is 0. The van der Waals surface area contributed by atoms with Gasteiger partial charge in [0.05, 0.1) is 0 Å². The van der Waals surface area contributed by atoms with E-state index in [9.17, 15) is 4.39 Å². The van der Waals surface area contributed by atoms with E-state index >= 15 is 0 Å². The second-order valence-electron chi connectivity index (χ2n) is 5.50. The van der Waals surface area contributed by atoms with Crippen molar-refractivity contribution in [3.8, 4) is 0 Å². The maximum absolute atomic E-state index is 13.1. The third kappa shape index (κ3) is 4.06. The van der Waals surface area contributed by atoms with Crippen molar-refractivity contribution >= 4 is 15.9 Å². The molecule has 0 aliphatic heterocycles. The Bertz CT molecular complexity index is 392. The molecule has 0 radical (unpaired) electrons. The van der Waals surface area contributed by atoms with Crippen molar-refractivity contribution in [2.24, 2.45) is 11.3 Å². The van der Waals surface area contributed by atoms with Crippen LogP contribution in [0, 0.1) is 17.2 Å². The zero-order valence-corrected chi connectivity index (χ0v) is 13.3. The number of nitrogens with one attached hydrogen (secondary N) is 1. The number of benzene rings is 1. The summed E-state index contributed by atoms with van der Waals surface area (Å²) in [5, 5.41) is 3.43. The molecule has 1 atom stereocenters. The van der Waals surface area contributed by atoms with E-state index in [1.807, 2.05) is 6.07 Å². The Kier molecular flexibility index (Phi) is 5.80. The van der Waals surface area contributed by atoms with Gasteiger partial charge in [-0.3, -0.25) is 0 Å². The Morgan fingerprint density at radius 3 is 2.56 bits per heavy atom. The monoisotopic (exact) mass is 315 g/mol. The molecule has 1 nitrogen and oxygen atoms in total. The SMILES string of the molecule is CCNCC(C)(Cc1ccc(F)cc1Br)C(C)C. The molecule has 102 valence electrons. The van der Waals surface area contributed by atoms with E-state index in [0.717, 1.165) is 24.0 Å². The van der Waals surface area contributed by atoms with Crippen LogP contribution in [0.4, 0.5) is 4.39 Å². The van der Waals surface area contributed by atoms with Crippen LogP contribution < -0.4 is 5.32 Å². The Labute approximate surface area is 118 Å². The van der Waals surface area contributed by atoms with Crippen LogP contribution in [0.5, 0.6) is 0 Å². The zero-order chi connectivity index (χ0) is 13.8.